The first-order chi connectivity index (χ1) is 18.2. The molecule has 0 N–H and O–H groups in total. The highest BCUT2D eigenvalue weighted by molar-refractivity contribution is 8.03. The van der Waals surface area contributed by atoms with Crippen LogP contribution in [0.1, 0.15) is 16.7 Å². The maximum Gasteiger partial charge on any atom is 0.158 e. The van der Waals surface area contributed by atoms with Gasteiger partial charge >= 0.3 is 0 Å². The van der Waals surface area contributed by atoms with Crippen LogP contribution in [0.25, 0.3) is 11.4 Å². The SMILES string of the molecule is COc1ccc(C=C=C(c2ccccc2C)[P+](c2ccccc2)(c2ccccc2)c2ccccc2)cc1. The summed E-state index contributed by atoms with van der Waals surface area (Å²) in [5.74, 6) is 0.847. The van der Waals surface area contributed by atoms with Gasteiger partial charge in [-0.15, -0.1) is 0 Å². The topological polar surface area (TPSA) is 9.23 Å². The second-order valence-corrected chi connectivity index (χ2v) is 12.2. The van der Waals surface area contributed by atoms with Crippen LogP contribution in [0.2, 0.25) is 0 Å². The molecule has 0 aromatic heterocycles. The summed E-state index contributed by atoms with van der Waals surface area (Å²) in [5.41, 5.74) is 7.41. The molecule has 0 aliphatic heterocycles. The van der Waals surface area contributed by atoms with Crippen LogP contribution in [0, 0.1) is 6.92 Å². The Morgan fingerprint density at radius 3 is 1.51 bits per heavy atom. The van der Waals surface area contributed by atoms with E-state index in [4.69, 9.17) is 4.74 Å². The van der Waals surface area contributed by atoms with Crippen molar-refractivity contribution in [2.45, 2.75) is 6.92 Å². The second-order valence-electron chi connectivity index (χ2n) is 8.90. The van der Waals surface area contributed by atoms with Gasteiger partial charge in [-0.3, -0.25) is 0 Å². The Morgan fingerprint density at radius 2 is 1.05 bits per heavy atom. The van der Waals surface area contributed by atoms with E-state index in [0.29, 0.717) is 0 Å². The average molecular weight is 498 g/mol. The van der Waals surface area contributed by atoms with E-state index in [9.17, 15) is 0 Å². The lowest BCUT2D eigenvalue weighted by molar-refractivity contribution is 0.415. The molecule has 5 rings (SSSR count). The van der Waals surface area contributed by atoms with Gasteiger partial charge in [0.1, 0.15) is 21.7 Å². The predicted molar refractivity (Wildman–Crippen MR) is 161 cm³/mol. The Bertz CT molecular complexity index is 1420. The van der Waals surface area contributed by atoms with E-state index < -0.39 is 7.26 Å². The van der Waals surface area contributed by atoms with Gasteiger partial charge < -0.3 is 4.74 Å². The minimum absolute atomic E-state index is 0.847. The number of aryl methyl sites for hydroxylation is 1. The molecule has 0 bridgehead atoms. The molecule has 0 amide bonds. The second kappa shape index (κ2) is 11.3. The van der Waals surface area contributed by atoms with Gasteiger partial charge in [0.2, 0.25) is 0 Å². The summed E-state index contributed by atoms with van der Waals surface area (Å²) in [6.45, 7) is 2.19. The summed E-state index contributed by atoms with van der Waals surface area (Å²) in [5, 5.41) is 5.13. The minimum Gasteiger partial charge on any atom is -0.497 e. The van der Waals surface area contributed by atoms with Crippen molar-refractivity contribution in [3.63, 3.8) is 0 Å². The van der Waals surface area contributed by atoms with Crippen molar-refractivity contribution in [1.82, 2.24) is 0 Å². The van der Waals surface area contributed by atoms with E-state index in [0.717, 1.165) is 11.3 Å². The van der Waals surface area contributed by atoms with E-state index in [-0.39, 0.29) is 0 Å². The Balaban J connectivity index is 1.92. The Labute approximate surface area is 220 Å². The van der Waals surface area contributed by atoms with Gasteiger partial charge in [0.15, 0.2) is 12.6 Å². The van der Waals surface area contributed by atoms with Gasteiger partial charge in [-0.25, -0.2) is 0 Å². The van der Waals surface area contributed by atoms with Crippen molar-refractivity contribution in [3.05, 3.63) is 162 Å². The summed E-state index contributed by atoms with van der Waals surface area (Å²) < 4.78 is 5.37. The number of benzene rings is 5. The highest BCUT2D eigenvalue weighted by Gasteiger charge is 2.50. The van der Waals surface area contributed by atoms with Crippen LogP contribution < -0.4 is 20.7 Å². The third kappa shape index (κ3) is 4.93. The maximum absolute atomic E-state index is 5.37. The third-order valence-corrected chi connectivity index (χ3v) is 10.9. The van der Waals surface area contributed by atoms with Gasteiger partial charge in [-0.1, -0.05) is 96.7 Å². The van der Waals surface area contributed by atoms with Crippen LogP contribution in [-0.2, 0) is 0 Å². The molecule has 37 heavy (non-hydrogen) atoms. The fourth-order valence-electron chi connectivity index (χ4n) is 4.83. The maximum atomic E-state index is 5.37. The highest BCUT2D eigenvalue weighted by atomic mass is 31.2. The molecule has 0 fully saturated rings. The van der Waals surface area contributed by atoms with Gasteiger partial charge in [-0.05, 0) is 72.7 Å². The molecule has 1 nitrogen and oxygen atoms in total. The van der Waals surface area contributed by atoms with E-state index >= 15 is 0 Å². The quantitative estimate of drug-likeness (QED) is 0.166. The molecule has 2 heteroatoms. The fraction of sp³-hybridized carbons (Fsp3) is 0.0571. The third-order valence-electron chi connectivity index (χ3n) is 6.66. The zero-order valence-corrected chi connectivity index (χ0v) is 22.1. The van der Waals surface area contributed by atoms with Crippen molar-refractivity contribution in [2.24, 2.45) is 0 Å². The molecule has 180 valence electrons. The monoisotopic (exact) mass is 497 g/mol. The molecule has 0 heterocycles. The van der Waals surface area contributed by atoms with Crippen molar-refractivity contribution < 1.29 is 4.74 Å². The molecular weight excluding hydrogens is 467 g/mol. The van der Waals surface area contributed by atoms with Crippen LogP contribution in [0.15, 0.2) is 145 Å². The number of hydrogen-bond acceptors (Lipinski definition) is 1. The molecule has 0 spiro atoms. The zero-order chi connectivity index (χ0) is 25.5. The Morgan fingerprint density at radius 1 is 0.595 bits per heavy atom. The molecule has 0 unspecified atom stereocenters. The molecule has 0 saturated carbocycles. The van der Waals surface area contributed by atoms with Gasteiger partial charge in [-0.2, -0.15) is 0 Å². The van der Waals surface area contributed by atoms with Crippen LogP contribution in [0.4, 0.5) is 0 Å². The van der Waals surface area contributed by atoms with Crippen molar-refractivity contribution in [3.8, 4) is 5.75 Å². The first-order valence-corrected chi connectivity index (χ1v) is 14.3. The van der Waals surface area contributed by atoms with Crippen LogP contribution in [0.3, 0.4) is 0 Å². The predicted octanol–water partition coefficient (Wildman–Crippen LogP) is 7.65. The van der Waals surface area contributed by atoms with Crippen molar-refractivity contribution in [2.75, 3.05) is 7.11 Å². The summed E-state index contributed by atoms with van der Waals surface area (Å²) in [6.07, 6.45) is 2.12. The normalized spacial score (nSPS) is 10.9. The van der Waals surface area contributed by atoms with Crippen LogP contribution in [0.5, 0.6) is 5.75 Å². The van der Waals surface area contributed by atoms with Crippen molar-refractivity contribution >= 4 is 34.6 Å². The summed E-state index contributed by atoms with van der Waals surface area (Å²) in [6, 6.07) is 49.7. The average Bonchev–Trinajstić information content (AvgIpc) is 2.97. The van der Waals surface area contributed by atoms with Gasteiger partial charge in [0.05, 0.1) is 7.11 Å². The Hall–Kier alpha value is -4.15. The Kier molecular flexibility index (Phi) is 7.48. The number of methoxy groups -OCH3 is 1. The van der Waals surface area contributed by atoms with E-state index in [1.807, 2.05) is 12.1 Å². The number of hydrogen-bond donors (Lipinski definition) is 0. The van der Waals surface area contributed by atoms with Crippen molar-refractivity contribution in [1.29, 1.82) is 0 Å². The smallest absolute Gasteiger partial charge is 0.158 e. The van der Waals surface area contributed by atoms with Gasteiger partial charge in [0.25, 0.3) is 0 Å². The zero-order valence-electron chi connectivity index (χ0n) is 21.2. The summed E-state index contributed by atoms with van der Waals surface area (Å²) in [7, 11) is -0.621. The van der Waals surface area contributed by atoms with Gasteiger partial charge in [0, 0.05) is 5.56 Å². The van der Waals surface area contributed by atoms with E-state index in [1.165, 1.54) is 32.4 Å². The fourth-order valence-corrected chi connectivity index (χ4v) is 9.23. The first-order valence-electron chi connectivity index (χ1n) is 12.5. The molecule has 0 radical (unpaired) electrons. The molecule has 0 aliphatic carbocycles. The number of rotatable bonds is 7. The van der Waals surface area contributed by atoms with Crippen LogP contribution >= 0.6 is 7.26 Å². The van der Waals surface area contributed by atoms with E-state index in [2.05, 4.69) is 146 Å². The largest absolute Gasteiger partial charge is 0.497 e. The molecule has 0 atom stereocenters. The van der Waals surface area contributed by atoms with Crippen LogP contribution in [-0.4, -0.2) is 7.11 Å². The number of ether oxygens (including phenoxy) is 1. The lowest BCUT2D eigenvalue weighted by Gasteiger charge is -2.29. The molecule has 5 aromatic rings. The summed E-state index contributed by atoms with van der Waals surface area (Å²) >= 11 is 0. The first kappa shape index (κ1) is 24.5. The highest BCUT2D eigenvalue weighted by Crippen LogP contribution is 2.66. The minimum atomic E-state index is -2.31. The lowest BCUT2D eigenvalue weighted by atomic mass is 10.1. The molecule has 0 saturated heterocycles. The summed E-state index contributed by atoms with van der Waals surface area (Å²) in [4.78, 5) is 0. The molecular formula is C35H30OP+. The molecule has 5 aromatic carbocycles. The lowest BCUT2D eigenvalue weighted by Crippen LogP contribution is -2.32. The standard InChI is InChI=1S/C35H30OP/c1-28-14-12-13-21-34(28)35(27-24-29-22-25-30(36-2)26-23-29)37(31-15-6-3-7-16-31,32-17-8-4-9-18-32)33-19-10-5-11-20-33/h3-26H,1-2H3/q+1. The van der Waals surface area contributed by atoms with E-state index in [1.54, 1.807) is 7.11 Å². The molecule has 0 aliphatic rings.